The average Bonchev–Trinajstić information content (AvgIpc) is 3.83. The topological polar surface area (TPSA) is 0 Å². The van der Waals surface area contributed by atoms with E-state index in [2.05, 4.69) is 0 Å². The Hall–Kier alpha value is -5.08. The van der Waals surface area contributed by atoms with E-state index in [4.69, 9.17) is 0 Å². The molecule has 0 unspecified atom stereocenters. The molecule has 14 heteroatoms. The van der Waals surface area contributed by atoms with Crippen LogP contribution in [0.4, 0.5) is 52.7 Å². The molecule has 0 amide bonds. The summed E-state index contributed by atoms with van der Waals surface area (Å²) >= 11 is 2.24. The summed E-state index contributed by atoms with van der Waals surface area (Å²) in [5.41, 5.74) is -4.91. The third-order valence-electron chi connectivity index (χ3n) is 9.68. The monoisotopic (exact) mass is 788 g/mol. The van der Waals surface area contributed by atoms with E-state index in [9.17, 15) is 52.7 Å². The maximum Gasteiger partial charge on any atom is 0.416 e. The standard InChI is InChI=1S/C40H16F12S2/c41-37(42,43)21-7-19(8-22(13-21)38(44,45)46)32-27-16-29-28(15-26(27)25-5-6-53-35(25)32)33(20-9-23(39(47,48)49)14-24(10-20)40(50,51)52)36-34(29)30-11-17-3-1-2-4-18(17)12-31(30)54-36/h1-16H. The molecule has 0 fully saturated rings. The number of thiophene rings is 2. The van der Waals surface area contributed by atoms with E-state index in [0.29, 0.717) is 66.4 Å². The van der Waals surface area contributed by atoms with Crippen molar-refractivity contribution in [3.63, 3.8) is 0 Å². The van der Waals surface area contributed by atoms with Crippen molar-refractivity contribution in [2.75, 3.05) is 0 Å². The van der Waals surface area contributed by atoms with Crippen LogP contribution in [0.3, 0.4) is 0 Å². The molecule has 0 saturated carbocycles. The summed E-state index contributed by atoms with van der Waals surface area (Å²) in [6, 6.07) is 18.4. The lowest BCUT2D eigenvalue weighted by Gasteiger charge is -2.15. The summed E-state index contributed by atoms with van der Waals surface area (Å²) in [5.74, 6) is 0. The molecular weight excluding hydrogens is 773 g/mol. The van der Waals surface area contributed by atoms with Gasteiger partial charge in [0.1, 0.15) is 0 Å². The van der Waals surface area contributed by atoms with Gasteiger partial charge in [0.25, 0.3) is 0 Å². The number of benzene rings is 5. The minimum atomic E-state index is -5.13. The number of fused-ring (bicyclic) bond motifs is 9. The minimum Gasteiger partial charge on any atom is -0.166 e. The van der Waals surface area contributed by atoms with Crippen LogP contribution >= 0.6 is 22.7 Å². The normalized spacial score (nSPS) is 14.2. The Labute approximate surface area is 303 Å². The maximum atomic E-state index is 14.1. The SMILES string of the molecule is FC(F)(F)c1cc(C2=c3cc4c(cc3-c3ccsc32)=C(c2cc(C(F)(F)F)cc(C(F)(F)F)c2)c2sc3cc5ccccc5cc3c2-4)cc(C(F)(F)F)c1. The summed E-state index contributed by atoms with van der Waals surface area (Å²) in [5, 5.41) is 4.39. The number of hydrogen-bond donors (Lipinski definition) is 0. The van der Waals surface area contributed by atoms with Crippen molar-refractivity contribution in [2.45, 2.75) is 24.7 Å². The van der Waals surface area contributed by atoms with Crippen molar-refractivity contribution >= 4 is 54.7 Å². The molecular formula is C40H16F12S2. The zero-order chi connectivity index (χ0) is 38.3. The van der Waals surface area contributed by atoms with Gasteiger partial charge in [0.2, 0.25) is 0 Å². The lowest BCUT2D eigenvalue weighted by molar-refractivity contribution is -0.144. The number of rotatable bonds is 2. The van der Waals surface area contributed by atoms with E-state index in [0.717, 1.165) is 33.4 Å². The number of alkyl halides is 12. The van der Waals surface area contributed by atoms with E-state index in [-0.39, 0.29) is 44.8 Å². The first-order chi connectivity index (χ1) is 25.3. The van der Waals surface area contributed by atoms with E-state index < -0.39 is 47.0 Å². The molecule has 0 spiro atoms. The van der Waals surface area contributed by atoms with Gasteiger partial charge >= 0.3 is 24.7 Å². The Morgan fingerprint density at radius 3 is 1.41 bits per heavy atom. The lowest BCUT2D eigenvalue weighted by Crippen LogP contribution is -2.17. The zero-order valence-corrected chi connectivity index (χ0v) is 28.2. The van der Waals surface area contributed by atoms with Gasteiger partial charge in [-0.3, -0.25) is 0 Å². The van der Waals surface area contributed by atoms with Crippen molar-refractivity contribution in [3.8, 4) is 22.3 Å². The molecule has 0 saturated heterocycles. The fraction of sp³-hybridized carbons (Fsp3) is 0.100. The van der Waals surface area contributed by atoms with Crippen LogP contribution in [0.2, 0.25) is 0 Å². The van der Waals surface area contributed by atoms with E-state index in [1.807, 2.05) is 24.3 Å². The van der Waals surface area contributed by atoms with Crippen LogP contribution in [0, 0.1) is 0 Å². The van der Waals surface area contributed by atoms with Crippen molar-refractivity contribution in [2.24, 2.45) is 0 Å². The van der Waals surface area contributed by atoms with Gasteiger partial charge in [-0.1, -0.05) is 24.3 Å². The Morgan fingerprint density at radius 1 is 0.426 bits per heavy atom. The van der Waals surface area contributed by atoms with E-state index in [1.165, 1.54) is 0 Å². The molecule has 272 valence electrons. The quantitative estimate of drug-likeness (QED) is 0.153. The molecule has 9 rings (SSSR count). The highest BCUT2D eigenvalue weighted by Gasteiger charge is 2.40. The van der Waals surface area contributed by atoms with Crippen LogP contribution < -0.4 is 10.4 Å². The molecule has 2 aliphatic rings. The smallest absolute Gasteiger partial charge is 0.166 e. The molecule has 7 aromatic rings. The Bertz CT molecular complexity index is 2810. The largest absolute Gasteiger partial charge is 0.416 e. The molecule has 0 atom stereocenters. The third-order valence-corrected chi connectivity index (χ3v) is 11.8. The molecule has 0 radical (unpaired) electrons. The van der Waals surface area contributed by atoms with Gasteiger partial charge < -0.3 is 0 Å². The summed E-state index contributed by atoms with van der Waals surface area (Å²) in [6.07, 6.45) is -20.5. The molecule has 2 aliphatic carbocycles. The highest BCUT2D eigenvalue weighted by atomic mass is 32.1. The third kappa shape index (κ3) is 5.36. The van der Waals surface area contributed by atoms with Gasteiger partial charge in [-0.25, -0.2) is 0 Å². The molecule has 2 aromatic heterocycles. The number of hydrogen-bond acceptors (Lipinski definition) is 2. The Balaban J connectivity index is 1.43. The lowest BCUT2D eigenvalue weighted by atomic mass is 9.96. The van der Waals surface area contributed by atoms with Crippen molar-refractivity contribution in [1.82, 2.24) is 0 Å². The van der Waals surface area contributed by atoms with Gasteiger partial charge in [0.15, 0.2) is 0 Å². The van der Waals surface area contributed by atoms with Crippen LogP contribution in [0.15, 0.2) is 96.4 Å². The average molecular weight is 789 g/mol. The molecule has 0 aliphatic heterocycles. The second-order valence-electron chi connectivity index (χ2n) is 12.9. The summed E-state index contributed by atoms with van der Waals surface area (Å²) in [7, 11) is 0. The van der Waals surface area contributed by atoms with Gasteiger partial charge in [-0.15, -0.1) is 22.7 Å². The fourth-order valence-corrected chi connectivity index (χ4v) is 9.72. The summed E-state index contributed by atoms with van der Waals surface area (Å²) in [6.45, 7) is 0. The fourth-order valence-electron chi connectivity index (χ4n) is 7.40. The van der Waals surface area contributed by atoms with Crippen molar-refractivity contribution in [1.29, 1.82) is 0 Å². The molecule has 0 N–H and O–H groups in total. The minimum absolute atomic E-state index is 0.0392. The van der Waals surface area contributed by atoms with E-state index >= 15 is 0 Å². The first kappa shape index (κ1) is 34.7. The molecule has 0 bridgehead atoms. The summed E-state index contributed by atoms with van der Waals surface area (Å²) < 4.78 is 170. The predicted molar refractivity (Wildman–Crippen MR) is 183 cm³/mol. The van der Waals surface area contributed by atoms with Gasteiger partial charge in [0, 0.05) is 42.1 Å². The Morgan fingerprint density at radius 2 is 0.889 bits per heavy atom. The predicted octanol–water partition coefficient (Wildman–Crippen LogP) is 12.6. The zero-order valence-electron chi connectivity index (χ0n) is 26.6. The summed E-state index contributed by atoms with van der Waals surface area (Å²) in [4.78, 5) is 0.736. The van der Waals surface area contributed by atoms with Crippen LogP contribution in [0.1, 0.15) is 43.1 Å². The van der Waals surface area contributed by atoms with Crippen LogP contribution in [-0.2, 0) is 24.7 Å². The van der Waals surface area contributed by atoms with Crippen molar-refractivity contribution < 1.29 is 52.7 Å². The second-order valence-corrected chi connectivity index (χ2v) is 14.9. The van der Waals surface area contributed by atoms with Gasteiger partial charge in [-0.2, -0.15) is 52.7 Å². The molecule has 5 aromatic carbocycles. The van der Waals surface area contributed by atoms with E-state index in [1.54, 1.807) is 35.7 Å². The van der Waals surface area contributed by atoms with Gasteiger partial charge in [0.05, 0.1) is 22.3 Å². The maximum absolute atomic E-state index is 14.1. The Kier molecular flexibility index (Phi) is 7.21. The first-order valence-electron chi connectivity index (χ1n) is 15.8. The van der Waals surface area contributed by atoms with Gasteiger partial charge in [-0.05, 0) is 116 Å². The number of halogens is 12. The second kappa shape index (κ2) is 11.2. The molecule has 54 heavy (non-hydrogen) atoms. The van der Waals surface area contributed by atoms with Crippen LogP contribution in [-0.4, -0.2) is 0 Å². The highest BCUT2D eigenvalue weighted by molar-refractivity contribution is 7.21. The van der Waals surface area contributed by atoms with Crippen LogP contribution in [0.25, 0.3) is 54.3 Å². The molecule has 2 heterocycles. The molecule has 0 nitrogen and oxygen atoms in total. The van der Waals surface area contributed by atoms with Crippen molar-refractivity contribution in [3.05, 3.63) is 150 Å². The van der Waals surface area contributed by atoms with Crippen LogP contribution in [0.5, 0.6) is 0 Å². The first-order valence-corrected chi connectivity index (χ1v) is 17.5. The highest BCUT2D eigenvalue weighted by Crippen LogP contribution is 2.50.